The Bertz CT molecular complexity index is 537. The van der Waals surface area contributed by atoms with E-state index in [0.29, 0.717) is 11.8 Å². The molecule has 1 aromatic heterocycles. The lowest BCUT2D eigenvalue weighted by molar-refractivity contribution is -0.104. The lowest BCUT2D eigenvalue weighted by Gasteiger charge is -2.26. The Balaban J connectivity index is 2.98. The number of ether oxygens (including phenoxy) is 1. The predicted molar refractivity (Wildman–Crippen MR) is 78.9 cm³/mol. The predicted octanol–water partition coefficient (Wildman–Crippen LogP) is 3.30. The third-order valence-electron chi connectivity index (χ3n) is 2.35. The molecule has 5 nitrogen and oxygen atoms in total. The minimum absolute atomic E-state index is 0.0535. The number of amides is 1. The molecule has 1 amide bonds. The van der Waals surface area contributed by atoms with Gasteiger partial charge in [0.25, 0.3) is 6.43 Å². The summed E-state index contributed by atoms with van der Waals surface area (Å²) < 4.78 is 30.5. The Morgan fingerprint density at radius 1 is 1.41 bits per heavy atom. The molecule has 1 rings (SSSR count). The van der Waals surface area contributed by atoms with Crippen LogP contribution in [0.25, 0.3) is 6.08 Å². The van der Waals surface area contributed by atoms with Gasteiger partial charge in [0, 0.05) is 6.20 Å². The number of carbonyl (C=O) groups is 2. The zero-order valence-electron chi connectivity index (χ0n) is 12.6. The maximum Gasteiger partial charge on any atom is 0.416 e. The summed E-state index contributed by atoms with van der Waals surface area (Å²) in [7, 11) is 0. The van der Waals surface area contributed by atoms with Crippen molar-refractivity contribution >= 4 is 24.3 Å². The molecule has 0 aliphatic heterocycles. The first-order valence-electron chi connectivity index (χ1n) is 6.59. The van der Waals surface area contributed by atoms with E-state index in [4.69, 9.17) is 4.74 Å². The summed E-state index contributed by atoms with van der Waals surface area (Å²) in [4.78, 5) is 27.0. The fraction of sp³-hybridized carbons (Fsp3) is 0.400. The lowest BCUT2D eigenvalue weighted by atomic mass is 10.2. The molecule has 0 atom stereocenters. The second-order valence-corrected chi connectivity index (χ2v) is 5.43. The summed E-state index contributed by atoms with van der Waals surface area (Å²) in [5, 5.41) is 0. The first kappa shape index (κ1) is 17.7. The molecule has 0 aliphatic rings. The van der Waals surface area contributed by atoms with E-state index < -0.39 is 24.7 Å². The van der Waals surface area contributed by atoms with Crippen molar-refractivity contribution in [1.82, 2.24) is 4.98 Å². The molecule has 0 fully saturated rings. The third kappa shape index (κ3) is 5.99. The van der Waals surface area contributed by atoms with Gasteiger partial charge in [-0.3, -0.25) is 9.69 Å². The molecule has 0 saturated carbocycles. The van der Waals surface area contributed by atoms with Gasteiger partial charge in [0.1, 0.15) is 17.7 Å². The average molecular weight is 312 g/mol. The van der Waals surface area contributed by atoms with Gasteiger partial charge < -0.3 is 4.74 Å². The van der Waals surface area contributed by atoms with Crippen molar-refractivity contribution in [3.63, 3.8) is 0 Å². The minimum atomic E-state index is -2.72. The molecular formula is C15H18F2N2O3. The monoisotopic (exact) mass is 312 g/mol. The van der Waals surface area contributed by atoms with Crippen LogP contribution in [0.5, 0.6) is 0 Å². The highest BCUT2D eigenvalue weighted by Gasteiger charge is 2.26. The molecule has 0 spiro atoms. The van der Waals surface area contributed by atoms with Crippen LogP contribution in [0.1, 0.15) is 26.3 Å². The molecule has 0 radical (unpaired) electrons. The molecule has 7 heteroatoms. The van der Waals surface area contributed by atoms with Crippen molar-refractivity contribution in [3.05, 3.63) is 30.0 Å². The molecule has 1 heterocycles. The second kappa shape index (κ2) is 7.63. The van der Waals surface area contributed by atoms with Crippen LogP contribution in [0, 0.1) is 0 Å². The van der Waals surface area contributed by atoms with Gasteiger partial charge in [-0.2, -0.15) is 0 Å². The Morgan fingerprint density at radius 2 is 2.09 bits per heavy atom. The Hall–Kier alpha value is -2.31. The number of aromatic nitrogens is 1. The van der Waals surface area contributed by atoms with E-state index in [1.54, 1.807) is 26.8 Å². The molecular weight excluding hydrogens is 294 g/mol. The summed E-state index contributed by atoms with van der Waals surface area (Å²) in [6, 6.07) is 2.97. The number of anilines is 1. The number of allylic oxidation sites excluding steroid dienone is 1. The van der Waals surface area contributed by atoms with Crippen LogP contribution in [0.2, 0.25) is 0 Å². The van der Waals surface area contributed by atoms with Crippen molar-refractivity contribution in [2.24, 2.45) is 0 Å². The van der Waals surface area contributed by atoms with Crippen LogP contribution >= 0.6 is 0 Å². The largest absolute Gasteiger partial charge is 0.443 e. The normalized spacial score (nSPS) is 11.7. The van der Waals surface area contributed by atoms with E-state index in [0.717, 1.165) is 4.90 Å². The van der Waals surface area contributed by atoms with Gasteiger partial charge in [0.05, 0.1) is 6.54 Å². The van der Waals surface area contributed by atoms with Crippen LogP contribution in [0.15, 0.2) is 24.4 Å². The molecule has 0 saturated heterocycles. The number of pyridine rings is 1. The molecule has 120 valence electrons. The highest BCUT2D eigenvalue weighted by atomic mass is 19.3. The first-order chi connectivity index (χ1) is 10.2. The first-order valence-corrected chi connectivity index (χ1v) is 6.59. The van der Waals surface area contributed by atoms with Crippen molar-refractivity contribution in [3.8, 4) is 0 Å². The van der Waals surface area contributed by atoms with Crippen LogP contribution in [-0.2, 0) is 9.53 Å². The standard InChI is InChI=1S/C15H18F2N2O3/c1-15(2,3)22-14(21)19(10-12(16)17)13-7-6-11(9-18-13)5-4-8-20/h4-9,12H,10H2,1-3H3/b5-4+. The third-order valence-corrected chi connectivity index (χ3v) is 2.35. The van der Waals surface area contributed by atoms with Crippen molar-refractivity contribution in [2.45, 2.75) is 32.8 Å². The summed E-state index contributed by atoms with van der Waals surface area (Å²) in [5.74, 6) is 0.0535. The van der Waals surface area contributed by atoms with Gasteiger partial charge in [-0.05, 0) is 44.5 Å². The summed E-state index contributed by atoms with van der Waals surface area (Å²) in [6.07, 6.45) is 1.16. The molecule has 0 aliphatic carbocycles. The lowest BCUT2D eigenvalue weighted by Crippen LogP contribution is -2.40. The number of halogens is 2. The van der Waals surface area contributed by atoms with Crippen LogP contribution in [-0.4, -0.2) is 35.9 Å². The maximum atomic E-state index is 12.7. The zero-order chi connectivity index (χ0) is 16.8. The molecule has 0 bridgehead atoms. The molecule has 0 N–H and O–H groups in total. The Kier molecular flexibility index (Phi) is 6.15. The van der Waals surface area contributed by atoms with Gasteiger partial charge in [-0.25, -0.2) is 18.6 Å². The summed E-state index contributed by atoms with van der Waals surface area (Å²) in [5.41, 5.74) is -0.193. The van der Waals surface area contributed by atoms with Gasteiger partial charge >= 0.3 is 6.09 Å². The quantitative estimate of drug-likeness (QED) is 0.618. The van der Waals surface area contributed by atoms with Crippen molar-refractivity contribution in [2.75, 3.05) is 11.4 Å². The van der Waals surface area contributed by atoms with Crippen LogP contribution in [0.4, 0.5) is 19.4 Å². The smallest absolute Gasteiger partial charge is 0.416 e. The molecule has 22 heavy (non-hydrogen) atoms. The van der Waals surface area contributed by atoms with E-state index in [9.17, 15) is 18.4 Å². The minimum Gasteiger partial charge on any atom is -0.443 e. The number of hydrogen-bond donors (Lipinski definition) is 0. The molecule has 0 unspecified atom stereocenters. The highest BCUT2D eigenvalue weighted by molar-refractivity contribution is 5.86. The van der Waals surface area contributed by atoms with E-state index >= 15 is 0 Å². The maximum absolute atomic E-state index is 12.7. The molecule has 0 aromatic carbocycles. The number of hydrogen-bond acceptors (Lipinski definition) is 4. The Labute approximate surface area is 127 Å². The van der Waals surface area contributed by atoms with Crippen LogP contribution in [0.3, 0.4) is 0 Å². The number of carbonyl (C=O) groups excluding carboxylic acids is 2. The molecule has 1 aromatic rings. The zero-order valence-corrected chi connectivity index (χ0v) is 12.6. The SMILES string of the molecule is CC(C)(C)OC(=O)N(CC(F)F)c1ccc(/C=C/C=O)cn1. The number of nitrogens with zero attached hydrogens (tertiary/aromatic N) is 2. The highest BCUT2D eigenvalue weighted by Crippen LogP contribution is 2.18. The van der Waals surface area contributed by atoms with E-state index in [1.807, 2.05) is 0 Å². The Morgan fingerprint density at radius 3 is 2.55 bits per heavy atom. The van der Waals surface area contributed by atoms with E-state index in [-0.39, 0.29) is 5.82 Å². The topological polar surface area (TPSA) is 59.5 Å². The summed E-state index contributed by atoms with van der Waals surface area (Å²) in [6.45, 7) is 4.12. The summed E-state index contributed by atoms with van der Waals surface area (Å²) >= 11 is 0. The number of aldehydes is 1. The number of alkyl halides is 2. The van der Waals surface area contributed by atoms with Crippen molar-refractivity contribution < 1.29 is 23.1 Å². The van der Waals surface area contributed by atoms with E-state index in [1.165, 1.54) is 24.4 Å². The van der Waals surface area contributed by atoms with Crippen molar-refractivity contribution in [1.29, 1.82) is 0 Å². The number of rotatable bonds is 5. The van der Waals surface area contributed by atoms with Gasteiger partial charge in [0.2, 0.25) is 0 Å². The second-order valence-electron chi connectivity index (χ2n) is 5.43. The van der Waals surface area contributed by atoms with Gasteiger partial charge in [-0.1, -0.05) is 6.08 Å². The fourth-order valence-corrected chi connectivity index (χ4v) is 1.52. The van der Waals surface area contributed by atoms with Gasteiger partial charge in [0.15, 0.2) is 0 Å². The van der Waals surface area contributed by atoms with Crippen LogP contribution < -0.4 is 4.90 Å². The average Bonchev–Trinajstić information content (AvgIpc) is 2.41. The van der Waals surface area contributed by atoms with Gasteiger partial charge in [-0.15, -0.1) is 0 Å². The fourth-order valence-electron chi connectivity index (χ4n) is 1.52. The van der Waals surface area contributed by atoms with E-state index in [2.05, 4.69) is 4.98 Å².